The second-order valence-corrected chi connectivity index (χ2v) is 5.67. The Labute approximate surface area is 115 Å². The largest absolute Gasteiger partial charge is 0.313 e. The molecule has 0 aliphatic heterocycles. The molecule has 1 unspecified atom stereocenters. The van der Waals surface area contributed by atoms with Crippen molar-refractivity contribution in [1.82, 2.24) is 5.32 Å². The molecule has 17 heavy (non-hydrogen) atoms. The summed E-state index contributed by atoms with van der Waals surface area (Å²) in [6.07, 6.45) is 2.24. The van der Waals surface area contributed by atoms with Crippen LogP contribution >= 0.6 is 27.3 Å². The molecule has 1 heterocycles. The third-order valence-electron chi connectivity index (χ3n) is 2.93. The van der Waals surface area contributed by atoms with E-state index in [0.29, 0.717) is 6.04 Å². The molecule has 0 saturated heterocycles. The number of hydrogen-bond donors (Lipinski definition) is 1. The van der Waals surface area contributed by atoms with Crippen molar-refractivity contribution in [3.63, 3.8) is 0 Å². The van der Waals surface area contributed by atoms with Crippen molar-refractivity contribution in [1.29, 1.82) is 0 Å². The fourth-order valence-corrected chi connectivity index (χ4v) is 3.22. The van der Waals surface area contributed by atoms with Gasteiger partial charge in [-0.3, -0.25) is 0 Å². The molecule has 0 spiro atoms. The Kier molecular flexibility index (Phi) is 4.77. The van der Waals surface area contributed by atoms with Crippen LogP contribution in [0.25, 0.3) is 0 Å². The SMILES string of the molecule is CNC(CCc1ccsc1)c1ccccc1Br. The monoisotopic (exact) mass is 309 g/mol. The molecule has 0 bridgehead atoms. The standard InChI is InChI=1S/C14H16BrNS/c1-16-14(7-6-11-8-9-17-10-11)12-4-2-3-5-13(12)15/h2-5,8-10,14,16H,6-7H2,1H3. The summed E-state index contributed by atoms with van der Waals surface area (Å²) in [6, 6.07) is 11.0. The highest BCUT2D eigenvalue weighted by Crippen LogP contribution is 2.26. The third-order valence-corrected chi connectivity index (χ3v) is 4.39. The summed E-state index contributed by atoms with van der Waals surface area (Å²) < 4.78 is 1.18. The minimum absolute atomic E-state index is 0.408. The Hall–Kier alpha value is -0.640. The lowest BCUT2D eigenvalue weighted by Crippen LogP contribution is -2.17. The van der Waals surface area contributed by atoms with Crippen molar-refractivity contribution >= 4 is 27.3 Å². The molecule has 1 N–H and O–H groups in total. The van der Waals surface area contributed by atoms with Gasteiger partial charge in [-0.05, 0) is 53.9 Å². The van der Waals surface area contributed by atoms with E-state index in [0.717, 1.165) is 12.8 Å². The summed E-state index contributed by atoms with van der Waals surface area (Å²) >= 11 is 5.39. The van der Waals surface area contributed by atoms with Gasteiger partial charge >= 0.3 is 0 Å². The van der Waals surface area contributed by atoms with Crippen LogP contribution in [0.4, 0.5) is 0 Å². The third kappa shape index (κ3) is 3.41. The quantitative estimate of drug-likeness (QED) is 0.863. The average molecular weight is 310 g/mol. The summed E-state index contributed by atoms with van der Waals surface area (Å²) in [7, 11) is 2.03. The number of benzene rings is 1. The molecule has 0 radical (unpaired) electrons. The smallest absolute Gasteiger partial charge is 0.0331 e. The Balaban J connectivity index is 2.04. The highest BCUT2D eigenvalue weighted by Gasteiger charge is 2.11. The van der Waals surface area contributed by atoms with Crippen LogP contribution in [0.1, 0.15) is 23.6 Å². The van der Waals surface area contributed by atoms with Gasteiger partial charge in [-0.2, -0.15) is 11.3 Å². The van der Waals surface area contributed by atoms with E-state index in [9.17, 15) is 0 Å². The highest BCUT2D eigenvalue weighted by atomic mass is 79.9. The first-order valence-electron chi connectivity index (χ1n) is 5.74. The van der Waals surface area contributed by atoms with E-state index in [2.05, 4.69) is 62.3 Å². The maximum atomic E-state index is 3.62. The van der Waals surface area contributed by atoms with Crippen molar-refractivity contribution in [2.45, 2.75) is 18.9 Å². The summed E-state index contributed by atoms with van der Waals surface area (Å²) in [5, 5.41) is 7.76. The predicted octanol–water partition coefficient (Wildman–Crippen LogP) is 4.40. The zero-order valence-corrected chi connectivity index (χ0v) is 12.2. The van der Waals surface area contributed by atoms with Crippen molar-refractivity contribution < 1.29 is 0 Å². The Morgan fingerprint density at radius 2 is 2.12 bits per heavy atom. The molecule has 2 rings (SSSR count). The van der Waals surface area contributed by atoms with E-state index >= 15 is 0 Å². The number of nitrogens with one attached hydrogen (secondary N) is 1. The normalized spacial score (nSPS) is 12.6. The zero-order chi connectivity index (χ0) is 12.1. The molecule has 0 aliphatic carbocycles. The molecule has 2 aromatic rings. The van der Waals surface area contributed by atoms with Crippen LogP contribution in [0.2, 0.25) is 0 Å². The number of thiophene rings is 1. The fourth-order valence-electron chi connectivity index (χ4n) is 1.96. The van der Waals surface area contributed by atoms with Crippen LogP contribution in [0.15, 0.2) is 45.6 Å². The lowest BCUT2D eigenvalue weighted by molar-refractivity contribution is 0.548. The topological polar surface area (TPSA) is 12.0 Å². The summed E-state index contributed by atoms with van der Waals surface area (Å²) in [5.74, 6) is 0. The molecule has 1 nitrogen and oxygen atoms in total. The Morgan fingerprint density at radius 3 is 2.76 bits per heavy atom. The predicted molar refractivity (Wildman–Crippen MR) is 78.6 cm³/mol. The first kappa shape index (κ1) is 12.8. The van der Waals surface area contributed by atoms with Gasteiger partial charge in [0.1, 0.15) is 0 Å². The second-order valence-electron chi connectivity index (χ2n) is 4.03. The number of halogens is 1. The molecule has 1 atom stereocenters. The van der Waals surface area contributed by atoms with Crippen LogP contribution < -0.4 is 5.32 Å². The van der Waals surface area contributed by atoms with Gasteiger partial charge in [0.05, 0.1) is 0 Å². The lowest BCUT2D eigenvalue weighted by atomic mass is 10.0. The van der Waals surface area contributed by atoms with E-state index in [1.165, 1.54) is 15.6 Å². The molecular formula is C14H16BrNS. The van der Waals surface area contributed by atoms with Gasteiger partial charge in [0.25, 0.3) is 0 Å². The van der Waals surface area contributed by atoms with Crippen LogP contribution in [0, 0.1) is 0 Å². The minimum atomic E-state index is 0.408. The van der Waals surface area contributed by atoms with Crippen molar-refractivity contribution in [3.8, 4) is 0 Å². The number of hydrogen-bond acceptors (Lipinski definition) is 2. The molecule has 1 aromatic heterocycles. The van der Waals surface area contributed by atoms with Crippen LogP contribution in [0.5, 0.6) is 0 Å². The lowest BCUT2D eigenvalue weighted by Gasteiger charge is -2.17. The molecular weight excluding hydrogens is 294 g/mol. The van der Waals surface area contributed by atoms with E-state index < -0.39 is 0 Å². The van der Waals surface area contributed by atoms with Gasteiger partial charge in [-0.15, -0.1) is 0 Å². The summed E-state index contributed by atoms with van der Waals surface area (Å²) in [4.78, 5) is 0. The molecule has 0 amide bonds. The maximum Gasteiger partial charge on any atom is 0.0331 e. The Bertz CT molecular complexity index is 453. The van der Waals surface area contributed by atoms with Gasteiger partial charge in [-0.25, -0.2) is 0 Å². The van der Waals surface area contributed by atoms with Crippen LogP contribution in [-0.2, 0) is 6.42 Å². The molecule has 0 saturated carbocycles. The number of rotatable bonds is 5. The number of aryl methyl sites for hydroxylation is 1. The molecule has 0 aliphatic rings. The van der Waals surface area contributed by atoms with E-state index in [1.54, 1.807) is 11.3 Å². The minimum Gasteiger partial charge on any atom is -0.313 e. The van der Waals surface area contributed by atoms with Crippen molar-refractivity contribution in [3.05, 3.63) is 56.7 Å². The van der Waals surface area contributed by atoms with E-state index in [-0.39, 0.29) is 0 Å². The van der Waals surface area contributed by atoms with Gasteiger partial charge in [-0.1, -0.05) is 34.1 Å². The van der Waals surface area contributed by atoms with Gasteiger partial charge in [0.2, 0.25) is 0 Å². The molecule has 90 valence electrons. The first-order valence-corrected chi connectivity index (χ1v) is 7.47. The van der Waals surface area contributed by atoms with E-state index in [4.69, 9.17) is 0 Å². The van der Waals surface area contributed by atoms with Crippen molar-refractivity contribution in [2.24, 2.45) is 0 Å². The van der Waals surface area contributed by atoms with Gasteiger partial charge < -0.3 is 5.32 Å². The van der Waals surface area contributed by atoms with Crippen LogP contribution in [-0.4, -0.2) is 7.05 Å². The maximum absolute atomic E-state index is 3.62. The fraction of sp³-hybridized carbons (Fsp3) is 0.286. The Morgan fingerprint density at radius 1 is 1.29 bits per heavy atom. The molecule has 1 aromatic carbocycles. The highest BCUT2D eigenvalue weighted by molar-refractivity contribution is 9.10. The molecule has 3 heteroatoms. The van der Waals surface area contributed by atoms with Gasteiger partial charge in [0, 0.05) is 10.5 Å². The van der Waals surface area contributed by atoms with Crippen molar-refractivity contribution in [2.75, 3.05) is 7.05 Å². The summed E-state index contributed by atoms with van der Waals surface area (Å²) in [6.45, 7) is 0. The zero-order valence-electron chi connectivity index (χ0n) is 9.82. The second kappa shape index (κ2) is 6.34. The first-order chi connectivity index (χ1) is 8.31. The average Bonchev–Trinajstić information content (AvgIpc) is 2.85. The van der Waals surface area contributed by atoms with Crippen LogP contribution in [0.3, 0.4) is 0 Å². The summed E-state index contributed by atoms with van der Waals surface area (Å²) in [5.41, 5.74) is 2.77. The van der Waals surface area contributed by atoms with E-state index in [1.807, 2.05) is 7.05 Å². The molecule has 0 fully saturated rings. The van der Waals surface area contributed by atoms with Gasteiger partial charge in [0.15, 0.2) is 0 Å².